The molecule has 4 rings (SSSR count). The minimum atomic E-state index is -3.68. The van der Waals surface area contributed by atoms with Gasteiger partial charge in [-0.2, -0.15) is 14.1 Å². The van der Waals surface area contributed by atoms with E-state index in [1.165, 1.54) is 46.8 Å². The second kappa shape index (κ2) is 9.24. The summed E-state index contributed by atoms with van der Waals surface area (Å²) in [5.41, 5.74) is 0.647. The fourth-order valence-corrected chi connectivity index (χ4v) is 5.46. The highest BCUT2D eigenvalue weighted by atomic mass is 32.2. The second-order valence-electron chi connectivity index (χ2n) is 7.84. The Morgan fingerprint density at radius 2 is 1.70 bits per heavy atom. The number of aromatic nitrogens is 2. The van der Waals surface area contributed by atoms with Crippen molar-refractivity contribution in [1.29, 1.82) is 0 Å². The number of sulfonamides is 1. The quantitative estimate of drug-likeness (QED) is 0.618. The van der Waals surface area contributed by atoms with Crippen LogP contribution in [0.2, 0.25) is 0 Å². The second-order valence-corrected chi connectivity index (χ2v) is 9.75. The van der Waals surface area contributed by atoms with Crippen molar-refractivity contribution in [2.45, 2.75) is 31.1 Å². The van der Waals surface area contributed by atoms with E-state index in [0.717, 1.165) is 23.9 Å². The lowest BCUT2D eigenvalue weighted by Crippen LogP contribution is -2.36. The van der Waals surface area contributed by atoms with Crippen molar-refractivity contribution >= 4 is 21.6 Å². The number of hydrogen-bond donors (Lipinski definition) is 1. The van der Waals surface area contributed by atoms with Crippen LogP contribution >= 0.6 is 0 Å². The Hall–Kier alpha value is -3.37. The molecule has 33 heavy (non-hydrogen) atoms. The van der Waals surface area contributed by atoms with Gasteiger partial charge in [0.2, 0.25) is 10.0 Å². The Morgan fingerprint density at radius 1 is 1.00 bits per heavy atom. The summed E-state index contributed by atoms with van der Waals surface area (Å²) in [5.74, 6) is -1.08. The Kier molecular flexibility index (Phi) is 6.39. The van der Waals surface area contributed by atoms with Crippen molar-refractivity contribution in [1.82, 2.24) is 14.1 Å². The van der Waals surface area contributed by atoms with Gasteiger partial charge in [0.15, 0.2) is 0 Å². The van der Waals surface area contributed by atoms with Gasteiger partial charge in [-0.3, -0.25) is 9.59 Å². The molecule has 2 heterocycles. The maximum Gasteiger partial charge on any atom is 0.276 e. The third kappa shape index (κ3) is 4.86. The van der Waals surface area contributed by atoms with Crippen molar-refractivity contribution in [3.05, 3.63) is 82.0 Å². The first-order valence-electron chi connectivity index (χ1n) is 10.5. The fourth-order valence-electron chi connectivity index (χ4n) is 3.69. The lowest BCUT2D eigenvalue weighted by atomic mass is 10.2. The molecule has 0 bridgehead atoms. The van der Waals surface area contributed by atoms with Gasteiger partial charge in [-0.15, -0.1) is 0 Å². The Labute approximate surface area is 190 Å². The largest absolute Gasteiger partial charge is 0.321 e. The zero-order chi connectivity index (χ0) is 23.6. The minimum absolute atomic E-state index is 0.0556. The first-order chi connectivity index (χ1) is 15.8. The topological polar surface area (TPSA) is 101 Å². The average Bonchev–Trinajstić information content (AvgIpc) is 2.81. The molecule has 1 aliphatic heterocycles. The normalized spacial score (nSPS) is 14.7. The maximum absolute atomic E-state index is 13.2. The highest BCUT2D eigenvalue weighted by Crippen LogP contribution is 2.26. The van der Waals surface area contributed by atoms with E-state index in [-0.39, 0.29) is 10.6 Å². The summed E-state index contributed by atoms with van der Waals surface area (Å²) in [6.07, 6.45) is 2.66. The van der Waals surface area contributed by atoms with Gasteiger partial charge in [0.05, 0.1) is 10.6 Å². The van der Waals surface area contributed by atoms with Crippen molar-refractivity contribution in [3.63, 3.8) is 0 Å². The zero-order valence-corrected chi connectivity index (χ0v) is 18.8. The van der Waals surface area contributed by atoms with Gasteiger partial charge >= 0.3 is 0 Å². The van der Waals surface area contributed by atoms with Crippen LogP contribution in [0, 0.1) is 12.7 Å². The molecule has 0 aliphatic carbocycles. The number of carbonyl (C=O) groups is 1. The maximum atomic E-state index is 13.2. The first kappa shape index (κ1) is 22.8. The molecule has 1 N–H and O–H groups in total. The van der Waals surface area contributed by atoms with Crippen LogP contribution in [0.15, 0.2) is 64.3 Å². The van der Waals surface area contributed by atoms with Gasteiger partial charge in [0, 0.05) is 24.8 Å². The van der Waals surface area contributed by atoms with E-state index < -0.39 is 27.3 Å². The van der Waals surface area contributed by atoms with Crippen LogP contribution in [0.3, 0.4) is 0 Å². The Balaban J connectivity index is 1.60. The van der Waals surface area contributed by atoms with Crippen LogP contribution in [-0.2, 0) is 10.0 Å². The molecule has 3 aromatic rings. The molecule has 0 atom stereocenters. The summed E-state index contributed by atoms with van der Waals surface area (Å²) in [6.45, 7) is 2.67. The average molecular weight is 471 g/mol. The van der Waals surface area contributed by atoms with E-state index in [1.807, 2.05) is 0 Å². The minimum Gasteiger partial charge on any atom is -0.321 e. The van der Waals surface area contributed by atoms with Gasteiger partial charge in [0.25, 0.3) is 11.5 Å². The van der Waals surface area contributed by atoms with Crippen LogP contribution in [0.5, 0.6) is 0 Å². The number of amides is 1. The number of rotatable bonds is 5. The van der Waals surface area contributed by atoms with Crippen LogP contribution in [-0.4, -0.2) is 41.5 Å². The smallest absolute Gasteiger partial charge is 0.276 e. The molecule has 0 saturated carbocycles. The molecule has 1 aliphatic rings. The number of aryl methyl sites for hydroxylation is 1. The molecule has 2 aromatic carbocycles. The third-order valence-corrected chi connectivity index (χ3v) is 7.52. The summed E-state index contributed by atoms with van der Waals surface area (Å²) in [4.78, 5) is 25.1. The highest BCUT2D eigenvalue weighted by Gasteiger charge is 2.27. The van der Waals surface area contributed by atoms with Gasteiger partial charge in [-0.1, -0.05) is 12.5 Å². The molecular formula is C23H23FN4O4S. The van der Waals surface area contributed by atoms with E-state index in [2.05, 4.69) is 10.4 Å². The molecule has 172 valence electrons. The van der Waals surface area contributed by atoms with Gasteiger partial charge in [0.1, 0.15) is 11.5 Å². The Bertz CT molecular complexity index is 1350. The highest BCUT2D eigenvalue weighted by molar-refractivity contribution is 7.89. The molecule has 0 unspecified atom stereocenters. The van der Waals surface area contributed by atoms with E-state index in [4.69, 9.17) is 0 Å². The van der Waals surface area contributed by atoms with E-state index in [0.29, 0.717) is 30.0 Å². The van der Waals surface area contributed by atoms with Crippen LogP contribution in [0.4, 0.5) is 10.1 Å². The summed E-state index contributed by atoms with van der Waals surface area (Å²) in [7, 11) is -3.68. The molecule has 1 amide bonds. The van der Waals surface area contributed by atoms with Gasteiger partial charge in [-0.25, -0.2) is 12.8 Å². The molecule has 1 saturated heterocycles. The number of benzene rings is 2. The predicted octanol–water partition coefficient (Wildman–Crippen LogP) is 3.11. The number of halogens is 1. The van der Waals surface area contributed by atoms with Crippen molar-refractivity contribution in [2.24, 2.45) is 0 Å². The van der Waals surface area contributed by atoms with E-state index in [9.17, 15) is 22.4 Å². The Morgan fingerprint density at radius 3 is 2.39 bits per heavy atom. The van der Waals surface area contributed by atoms with Crippen LogP contribution in [0.1, 0.15) is 35.3 Å². The molecule has 1 aromatic heterocycles. The van der Waals surface area contributed by atoms with Gasteiger partial charge < -0.3 is 5.32 Å². The number of hydrogen-bond acceptors (Lipinski definition) is 5. The number of carbonyl (C=O) groups excluding carboxylic acids is 1. The molecule has 8 nitrogen and oxygen atoms in total. The van der Waals surface area contributed by atoms with Crippen LogP contribution < -0.4 is 10.9 Å². The molecular weight excluding hydrogens is 447 g/mol. The van der Waals surface area contributed by atoms with E-state index >= 15 is 0 Å². The zero-order valence-electron chi connectivity index (χ0n) is 18.0. The summed E-state index contributed by atoms with van der Waals surface area (Å²) in [6, 6.07) is 12.3. The van der Waals surface area contributed by atoms with Crippen LogP contribution in [0.25, 0.3) is 5.69 Å². The van der Waals surface area contributed by atoms with Crippen molar-refractivity contribution in [2.75, 3.05) is 18.4 Å². The first-order valence-corrected chi connectivity index (χ1v) is 12.0. The monoisotopic (exact) mass is 470 g/mol. The third-order valence-electron chi connectivity index (χ3n) is 5.48. The number of nitrogens with zero attached hydrogens (tertiary/aromatic N) is 3. The summed E-state index contributed by atoms with van der Waals surface area (Å²) >= 11 is 0. The standard InChI is InChI=1S/C23H23FN4O4S/c1-16-5-8-18(15-21(16)33(31,32)27-13-3-2-4-14-27)25-23(30)20-11-12-22(29)28(26-20)19-9-6-17(24)7-10-19/h5-12,15H,2-4,13-14H2,1H3,(H,25,30). The van der Waals surface area contributed by atoms with Crippen molar-refractivity contribution in [3.8, 4) is 5.69 Å². The van der Waals surface area contributed by atoms with Gasteiger partial charge in [-0.05, 0) is 67.8 Å². The van der Waals surface area contributed by atoms with Crippen molar-refractivity contribution < 1.29 is 17.6 Å². The summed E-state index contributed by atoms with van der Waals surface area (Å²) in [5, 5.41) is 6.72. The molecule has 1 fully saturated rings. The lowest BCUT2D eigenvalue weighted by molar-refractivity contribution is 0.102. The number of anilines is 1. The predicted molar refractivity (Wildman–Crippen MR) is 122 cm³/mol. The lowest BCUT2D eigenvalue weighted by Gasteiger charge is -2.26. The molecule has 0 radical (unpaired) electrons. The van der Waals surface area contributed by atoms with E-state index in [1.54, 1.807) is 19.1 Å². The SMILES string of the molecule is Cc1ccc(NC(=O)c2ccc(=O)n(-c3ccc(F)cc3)n2)cc1S(=O)(=O)N1CCCCC1. The summed E-state index contributed by atoms with van der Waals surface area (Å²) < 4.78 is 41.9. The number of nitrogens with one attached hydrogen (secondary N) is 1. The molecule has 10 heteroatoms. The molecule has 0 spiro atoms. The number of piperidine rings is 1. The fraction of sp³-hybridized carbons (Fsp3) is 0.261.